The minimum Gasteiger partial charge on any atom is -0.494 e. The van der Waals surface area contributed by atoms with Crippen molar-refractivity contribution in [1.29, 1.82) is 0 Å². The normalized spacial score (nSPS) is 11.0. The first-order valence-corrected chi connectivity index (χ1v) is 12.0. The molecule has 0 aliphatic heterocycles. The number of thiophene rings is 1. The lowest BCUT2D eigenvalue weighted by atomic mass is 10.1. The van der Waals surface area contributed by atoms with Gasteiger partial charge in [0, 0.05) is 16.6 Å². The number of hydrogen-bond donors (Lipinski definition) is 1. The highest BCUT2D eigenvalue weighted by Crippen LogP contribution is 2.31. The summed E-state index contributed by atoms with van der Waals surface area (Å²) in [4.78, 5) is 42.8. The van der Waals surface area contributed by atoms with E-state index < -0.39 is 5.97 Å². The highest BCUT2D eigenvalue weighted by atomic mass is 32.1. The Hall–Kier alpha value is -3.98. The van der Waals surface area contributed by atoms with Gasteiger partial charge in [0.2, 0.25) is 5.91 Å². The van der Waals surface area contributed by atoms with Crippen LogP contribution in [0.3, 0.4) is 0 Å². The van der Waals surface area contributed by atoms with E-state index in [4.69, 9.17) is 9.47 Å². The van der Waals surface area contributed by atoms with E-state index in [1.165, 1.54) is 22.2 Å². The van der Waals surface area contributed by atoms with Crippen LogP contribution in [0.2, 0.25) is 0 Å². The average molecular weight is 492 g/mol. The second-order valence-corrected chi connectivity index (χ2v) is 8.90. The molecule has 4 rings (SSSR count). The standard InChI is InChI=1S/C26H25N3O5S/c1-4-33-20-11-7-17(8-12-20)21-14-35-24-23(21)25(31)29(15-27-24)13-22(30)28-19-9-5-18(6-10-19)26(32)34-16(2)3/h5-12,14-16H,4,13H2,1-3H3,(H,28,30). The average Bonchev–Trinajstić information content (AvgIpc) is 3.26. The largest absolute Gasteiger partial charge is 0.494 e. The number of nitrogens with zero attached hydrogens (tertiary/aromatic N) is 2. The van der Waals surface area contributed by atoms with Crippen molar-refractivity contribution in [2.24, 2.45) is 0 Å². The number of hydrogen-bond acceptors (Lipinski definition) is 7. The van der Waals surface area contributed by atoms with Crippen molar-refractivity contribution in [2.45, 2.75) is 33.4 Å². The molecule has 0 aliphatic rings. The van der Waals surface area contributed by atoms with Crippen molar-refractivity contribution in [2.75, 3.05) is 11.9 Å². The molecular formula is C26H25N3O5S. The Kier molecular flexibility index (Phi) is 7.26. The molecule has 1 N–H and O–H groups in total. The van der Waals surface area contributed by atoms with E-state index >= 15 is 0 Å². The molecule has 9 heteroatoms. The molecule has 0 fully saturated rings. The summed E-state index contributed by atoms with van der Waals surface area (Å²) < 4.78 is 11.9. The number of ether oxygens (including phenoxy) is 2. The second-order valence-electron chi connectivity index (χ2n) is 8.04. The lowest BCUT2D eigenvalue weighted by molar-refractivity contribution is -0.116. The molecule has 0 radical (unpaired) electrons. The van der Waals surface area contributed by atoms with Crippen LogP contribution in [0.25, 0.3) is 21.3 Å². The Morgan fingerprint density at radius 1 is 1.09 bits per heavy atom. The minimum absolute atomic E-state index is 0.197. The molecule has 0 atom stereocenters. The fourth-order valence-corrected chi connectivity index (χ4v) is 4.42. The summed E-state index contributed by atoms with van der Waals surface area (Å²) in [6.45, 7) is 5.85. The van der Waals surface area contributed by atoms with Crippen molar-refractivity contribution in [1.82, 2.24) is 9.55 Å². The van der Waals surface area contributed by atoms with E-state index in [2.05, 4.69) is 10.3 Å². The number of anilines is 1. The van der Waals surface area contributed by atoms with Crippen LogP contribution in [-0.2, 0) is 16.1 Å². The van der Waals surface area contributed by atoms with Crippen LogP contribution in [-0.4, -0.2) is 34.1 Å². The number of amides is 1. The molecule has 1 amide bonds. The van der Waals surface area contributed by atoms with Crippen molar-refractivity contribution in [3.63, 3.8) is 0 Å². The first-order valence-electron chi connectivity index (χ1n) is 11.2. The molecule has 0 unspecified atom stereocenters. The summed E-state index contributed by atoms with van der Waals surface area (Å²) in [6.07, 6.45) is 1.16. The SMILES string of the molecule is CCOc1ccc(-c2csc3ncn(CC(=O)Nc4ccc(C(=O)OC(C)C)cc4)c(=O)c23)cc1. The van der Waals surface area contributed by atoms with Gasteiger partial charge in [-0.1, -0.05) is 12.1 Å². The van der Waals surface area contributed by atoms with Gasteiger partial charge in [-0.15, -0.1) is 11.3 Å². The quantitative estimate of drug-likeness (QED) is 0.358. The van der Waals surface area contributed by atoms with Crippen LogP contribution >= 0.6 is 11.3 Å². The number of esters is 1. The maximum absolute atomic E-state index is 13.2. The van der Waals surface area contributed by atoms with E-state index in [0.29, 0.717) is 28.1 Å². The van der Waals surface area contributed by atoms with E-state index in [1.54, 1.807) is 38.1 Å². The van der Waals surface area contributed by atoms with Gasteiger partial charge < -0.3 is 14.8 Å². The van der Waals surface area contributed by atoms with Crippen molar-refractivity contribution in [3.05, 3.63) is 76.2 Å². The number of fused-ring (bicyclic) bond motifs is 1. The topological polar surface area (TPSA) is 99.5 Å². The predicted octanol–water partition coefficient (Wildman–Crippen LogP) is 4.73. The number of benzene rings is 2. The van der Waals surface area contributed by atoms with Gasteiger partial charge in [0.1, 0.15) is 17.1 Å². The summed E-state index contributed by atoms with van der Waals surface area (Å²) in [7, 11) is 0. The Balaban J connectivity index is 1.51. The van der Waals surface area contributed by atoms with E-state index in [0.717, 1.165) is 16.9 Å². The molecular weight excluding hydrogens is 466 g/mol. The number of aromatic nitrogens is 2. The zero-order chi connectivity index (χ0) is 24.9. The van der Waals surface area contributed by atoms with E-state index in [-0.39, 0.29) is 24.1 Å². The van der Waals surface area contributed by atoms with E-state index in [9.17, 15) is 14.4 Å². The van der Waals surface area contributed by atoms with Crippen LogP contribution in [0.4, 0.5) is 5.69 Å². The summed E-state index contributed by atoms with van der Waals surface area (Å²) in [5.74, 6) is -0.0562. The smallest absolute Gasteiger partial charge is 0.338 e. The molecule has 2 aromatic carbocycles. The van der Waals surface area contributed by atoms with Gasteiger partial charge in [-0.25, -0.2) is 9.78 Å². The Morgan fingerprint density at radius 3 is 2.46 bits per heavy atom. The van der Waals surface area contributed by atoms with Crippen LogP contribution in [0.5, 0.6) is 5.75 Å². The van der Waals surface area contributed by atoms with Gasteiger partial charge in [-0.05, 0) is 62.7 Å². The van der Waals surface area contributed by atoms with Gasteiger partial charge in [0.15, 0.2) is 0 Å². The summed E-state index contributed by atoms with van der Waals surface area (Å²) in [6, 6.07) is 13.9. The lowest BCUT2D eigenvalue weighted by Gasteiger charge is -2.10. The number of rotatable bonds is 8. The van der Waals surface area contributed by atoms with Crippen molar-refractivity contribution in [3.8, 4) is 16.9 Å². The Morgan fingerprint density at radius 2 is 1.80 bits per heavy atom. The minimum atomic E-state index is -0.428. The summed E-state index contributed by atoms with van der Waals surface area (Å²) in [5, 5.41) is 5.11. The third-order valence-electron chi connectivity index (χ3n) is 5.10. The molecule has 0 aliphatic carbocycles. The monoisotopic (exact) mass is 491 g/mol. The predicted molar refractivity (Wildman–Crippen MR) is 136 cm³/mol. The zero-order valence-electron chi connectivity index (χ0n) is 19.6. The molecule has 0 saturated heterocycles. The molecule has 2 aromatic heterocycles. The van der Waals surface area contributed by atoms with Crippen LogP contribution in [0.15, 0.2) is 65.0 Å². The summed E-state index contributed by atoms with van der Waals surface area (Å²) >= 11 is 1.38. The van der Waals surface area contributed by atoms with Crippen LogP contribution < -0.4 is 15.6 Å². The zero-order valence-corrected chi connectivity index (χ0v) is 20.4. The molecule has 0 spiro atoms. The fraction of sp³-hybridized carbons (Fsp3) is 0.231. The molecule has 2 heterocycles. The molecule has 0 saturated carbocycles. The van der Waals surface area contributed by atoms with Gasteiger partial charge in [0.05, 0.1) is 30.0 Å². The maximum atomic E-state index is 13.2. The van der Waals surface area contributed by atoms with Crippen molar-refractivity contribution < 1.29 is 19.1 Å². The Labute approximate surface area is 206 Å². The van der Waals surface area contributed by atoms with Gasteiger partial charge in [-0.3, -0.25) is 14.2 Å². The van der Waals surface area contributed by atoms with Gasteiger partial charge in [-0.2, -0.15) is 0 Å². The van der Waals surface area contributed by atoms with Crippen molar-refractivity contribution >= 4 is 39.1 Å². The van der Waals surface area contributed by atoms with E-state index in [1.807, 2.05) is 36.6 Å². The number of carbonyl (C=O) groups excluding carboxylic acids is 2. The number of nitrogens with one attached hydrogen (secondary N) is 1. The number of carbonyl (C=O) groups is 2. The highest BCUT2D eigenvalue weighted by Gasteiger charge is 2.15. The molecule has 0 bridgehead atoms. The summed E-state index contributed by atoms with van der Waals surface area (Å²) in [5.41, 5.74) is 2.24. The first-order chi connectivity index (χ1) is 16.9. The molecule has 180 valence electrons. The van der Waals surface area contributed by atoms with Crippen LogP contribution in [0, 0.1) is 0 Å². The third-order valence-corrected chi connectivity index (χ3v) is 5.98. The highest BCUT2D eigenvalue weighted by molar-refractivity contribution is 7.17. The lowest BCUT2D eigenvalue weighted by Crippen LogP contribution is -2.27. The molecule has 35 heavy (non-hydrogen) atoms. The van der Waals surface area contributed by atoms with Gasteiger partial charge in [0.25, 0.3) is 5.56 Å². The second kappa shape index (κ2) is 10.5. The van der Waals surface area contributed by atoms with Crippen LogP contribution in [0.1, 0.15) is 31.1 Å². The third kappa shape index (κ3) is 5.58. The molecule has 4 aromatic rings. The molecule has 8 nitrogen and oxygen atoms in total. The van der Waals surface area contributed by atoms with Gasteiger partial charge >= 0.3 is 5.97 Å². The maximum Gasteiger partial charge on any atom is 0.338 e. The fourth-order valence-electron chi connectivity index (χ4n) is 3.52. The first kappa shape index (κ1) is 24.2. The Bertz CT molecular complexity index is 1410.